The standard InChI is InChI=1S/C19H20N6O2/c1-12-4-7-15(8-5-12)18-22-24-25(23-18)11-17(26)21-19(27)20-16-9-6-13(2)10-14(16)3/h4-10H,11H2,1-3H3,(H2,20,21,26,27). The van der Waals surface area contributed by atoms with Crippen molar-refractivity contribution >= 4 is 17.6 Å². The first-order valence-electron chi connectivity index (χ1n) is 8.43. The Morgan fingerprint density at radius 3 is 2.41 bits per heavy atom. The molecule has 0 radical (unpaired) electrons. The Labute approximate surface area is 156 Å². The van der Waals surface area contributed by atoms with Gasteiger partial charge in [0.15, 0.2) is 0 Å². The maximum Gasteiger partial charge on any atom is 0.325 e. The fraction of sp³-hybridized carbons (Fsp3) is 0.211. The van der Waals surface area contributed by atoms with E-state index in [1.807, 2.05) is 57.2 Å². The van der Waals surface area contributed by atoms with Gasteiger partial charge in [0.1, 0.15) is 6.54 Å². The van der Waals surface area contributed by atoms with Crippen molar-refractivity contribution in [1.82, 2.24) is 25.5 Å². The maximum absolute atomic E-state index is 12.0. The first-order valence-corrected chi connectivity index (χ1v) is 8.43. The van der Waals surface area contributed by atoms with Gasteiger partial charge in [0, 0.05) is 11.3 Å². The van der Waals surface area contributed by atoms with E-state index in [2.05, 4.69) is 26.0 Å². The smallest absolute Gasteiger partial charge is 0.307 e. The number of amides is 3. The number of carbonyl (C=O) groups is 2. The molecule has 138 valence electrons. The zero-order valence-corrected chi connectivity index (χ0v) is 15.4. The quantitative estimate of drug-likeness (QED) is 0.741. The predicted octanol–water partition coefficient (Wildman–Crippen LogP) is 2.61. The molecule has 3 rings (SSSR count). The molecule has 0 spiro atoms. The van der Waals surface area contributed by atoms with Crippen LogP contribution in [0, 0.1) is 20.8 Å². The number of hydrogen-bond acceptors (Lipinski definition) is 5. The molecular formula is C19H20N6O2. The lowest BCUT2D eigenvalue weighted by Gasteiger charge is -2.09. The molecule has 27 heavy (non-hydrogen) atoms. The minimum atomic E-state index is -0.606. The number of benzene rings is 2. The Morgan fingerprint density at radius 2 is 1.70 bits per heavy atom. The van der Waals surface area contributed by atoms with Gasteiger partial charge in [-0.2, -0.15) is 4.80 Å². The van der Waals surface area contributed by atoms with Gasteiger partial charge >= 0.3 is 6.03 Å². The topological polar surface area (TPSA) is 102 Å². The Morgan fingerprint density at radius 1 is 1.00 bits per heavy atom. The van der Waals surface area contributed by atoms with Crippen molar-refractivity contribution < 1.29 is 9.59 Å². The summed E-state index contributed by atoms with van der Waals surface area (Å²) >= 11 is 0. The molecule has 8 nitrogen and oxygen atoms in total. The second-order valence-corrected chi connectivity index (χ2v) is 6.33. The Hall–Kier alpha value is -3.55. The number of tetrazole rings is 1. The number of nitrogens with zero attached hydrogens (tertiary/aromatic N) is 4. The Balaban J connectivity index is 1.57. The van der Waals surface area contributed by atoms with Crippen LogP contribution >= 0.6 is 0 Å². The van der Waals surface area contributed by atoms with E-state index in [1.54, 1.807) is 6.07 Å². The van der Waals surface area contributed by atoms with Crippen molar-refractivity contribution in [1.29, 1.82) is 0 Å². The molecule has 0 saturated carbocycles. The van der Waals surface area contributed by atoms with Crippen LogP contribution in [0.3, 0.4) is 0 Å². The van der Waals surface area contributed by atoms with Gasteiger partial charge in [0.2, 0.25) is 5.82 Å². The van der Waals surface area contributed by atoms with Crippen LogP contribution < -0.4 is 10.6 Å². The first kappa shape index (κ1) is 18.2. The van der Waals surface area contributed by atoms with Crippen molar-refractivity contribution in [3.8, 4) is 11.4 Å². The lowest BCUT2D eigenvalue weighted by Crippen LogP contribution is -2.37. The van der Waals surface area contributed by atoms with Gasteiger partial charge in [-0.3, -0.25) is 10.1 Å². The highest BCUT2D eigenvalue weighted by Crippen LogP contribution is 2.16. The van der Waals surface area contributed by atoms with Gasteiger partial charge in [-0.1, -0.05) is 47.5 Å². The van der Waals surface area contributed by atoms with Crippen molar-refractivity contribution in [2.45, 2.75) is 27.3 Å². The van der Waals surface area contributed by atoms with Crippen LogP contribution in [-0.2, 0) is 11.3 Å². The Kier molecular flexibility index (Phi) is 5.25. The highest BCUT2D eigenvalue weighted by molar-refractivity contribution is 6.01. The summed E-state index contributed by atoms with van der Waals surface area (Å²) in [6.45, 7) is 5.63. The molecular weight excluding hydrogens is 344 g/mol. The summed E-state index contributed by atoms with van der Waals surface area (Å²) < 4.78 is 0. The van der Waals surface area contributed by atoms with E-state index in [-0.39, 0.29) is 6.54 Å². The van der Waals surface area contributed by atoms with E-state index in [9.17, 15) is 9.59 Å². The highest BCUT2D eigenvalue weighted by Gasteiger charge is 2.12. The lowest BCUT2D eigenvalue weighted by atomic mass is 10.1. The number of rotatable bonds is 4. The number of aromatic nitrogens is 4. The van der Waals surface area contributed by atoms with Gasteiger partial charge in [-0.05, 0) is 37.6 Å². The van der Waals surface area contributed by atoms with Gasteiger partial charge in [0.05, 0.1) is 0 Å². The number of carbonyl (C=O) groups excluding carboxylic acids is 2. The predicted molar refractivity (Wildman–Crippen MR) is 101 cm³/mol. The number of anilines is 1. The fourth-order valence-electron chi connectivity index (χ4n) is 2.53. The fourth-order valence-corrected chi connectivity index (χ4v) is 2.53. The molecule has 3 aromatic rings. The number of imide groups is 1. The molecule has 0 aliphatic rings. The van der Waals surface area contributed by atoms with E-state index in [0.717, 1.165) is 27.1 Å². The summed E-state index contributed by atoms with van der Waals surface area (Å²) in [5.74, 6) is -0.118. The van der Waals surface area contributed by atoms with Crippen molar-refractivity contribution in [2.75, 3.05) is 5.32 Å². The van der Waals surface area contributed by atoms with Gasteiger partial charge in [0.25, 0.3) is 5.91 Å². The van der Waals surface area contributed by atoms with Crippen molar-refractivity contribution in [3.05, 3.63) is 59.2 Å². The average molecular weight is 364 g/mol. The molecule has 0 aliphatic carbocycles. The number of aryl methyl sites for hydroxylation is 3. The summed E-state index contributed by atoms with van der Waals surface area (Å²) in [5, 5.41) is 16.9. The van der Waals surface area contributed by atoms with E-state index < -0.39 is 11.9 Å². The third kappa shape index (κ3) is 4.75. The summed E-state index contributed by atoms with van der Waals surface area (Å²) in [7, 11) is 0. The summed E-state index contributed by atoms with van der Waals surface area (Å²) in [4.78, 5) is 25.2. The van der Waals surface area contributed by atoms with E-state index in [4.69, 9.17) is 0 Å². The molecule has 0 atom stereocenters. The molecule has 0 fully saturated rings. The monoisotopic (exact) mass is 364 g/mol. The zero-order valence-electron chi connectivity index (χ0n) is 15.4. The van der Waals surface area contributed by atoms with Gasteiger partial charge in [-0.15, -0.1) is 10.2 Å². The summed E-state index contributed by atoms with van der Waals surface area (Å²) in [6.07, 6.45) is 0. The Bertz CT molecular complexity index is 978. The minimum absolute atomic E-state index is 0.209. The normalized spacial score (nSPS) is 10.5. The van der Waals surface area contributed by atoms with E-state index >= 15 is 0 Å². The molecule has 8 heteroatoms. The van der Waals surface area contributed by atoms with Gasteiger partial charge < -0.3 is 5.32 Å². The summed E-state index contributed by atoms with van der Waals surface area (Å²) in [6, 6.07) is 12.7. The molecule has 2 N–H and O–H groups in total. The molecule has 0 aliphatic heterocycles. The largest absolute Gasteiger partial charge is 0.325 e. The van der Waals surface area contributed by atoms with E-state index in [1.165, 1.54) is 0 Å². The highest BCUT2D eigenvalue weighted by atomic mass is 16.2. The minimum Gasteiger partial charge on any atom is -0.307 e. The van der Waals surface area contributed by atoms with Gasteiger partial charge in [-0.25, -0.2) is 4.79 Å². The molecule has 0 bridgehead atoms. The molecule has 2 aromatic carbocycles. The number of hydrogen-bond donors (Lipinski definition) is 2. The number of urea groups is 1. The zero-order chi connectivity index (χ0) is 19.4. The van der Waals surface area contributed by atoms with Crippen LogP contribution in [0.2, 0.25) is 0 Å². The maximum atomic E-state index is 12.0. The second kappa shape index (κ2) is 7.77. The lowest BCUT2D eigenvalue weighted by molar-refractivity contribution is -0.120. The molecule has 0 saturated heterocycles. The SMILES string of the molecule is Cc1ccc(-c2nnn(CC(=O)NC(=O)Nc3ccc(C)cc3C)n2)cc1. The van der Waals surface area contributed by atoms with E-state index in [0.29, 0.717) is 11.5 Å². The van der Waals surface area contributed by atoms with Crippen LogP contribution in [-0.4, -0.2) is 32.1 Å². The number of nitrogens with one attached hydrogen (secondary N) is 2. The molecule has 1 heterocycles. The van der Waals surface area contributed by atoms with Crippen LogP contribution in [0.4, 0.5) is 10.5 Å². The molecule has 3 amide bonds. The third-order valence-electron chi connectivity index (χ3n) is 3.93. The van der Waals surface area contributed by atoms with Crippen LogP contribution in [0.1, 0.15) is 16.7 Å². The molecule has 0 unspecified atom stereocenters. The average Bonchev–Trinajstić information content (AvgIpc) is 3.06. The van der Waals surface area contributed by atoms with Crippen LogP contribution in [0.15, 0.2) is 42.5 Å². The van der Waals surface area contributed by atoms with Crippen LogP contribution in [0.25, 0.3) is 11.4 Å². The third-order valence-corrected chi connectivity index (χ3v) is 3.93. The molecule has 1 aromatic heterocycles. The van der Waals surface area contributed by atoms with Crippen LogP contribution in [0.5, 0.6) is 0 Å². The summed E-state index contributed by atoms with van der Waals surface area (Å²) in [5.41, 5.74) is 4.58. The second-order valence-electron chi connectivity index (χ2n) is 6.33. The van der Waals surface area contributed by atoms with Crippen molar-refractivity contribution in [3.63, 3.8) is 0 Å². The van der Waals surface area contributed by atoms with Crippen molar-refractivity contribution in [2.24, 2.45) is 0 Å². The first-order chi connectivity index (χ1) is 12.9.